The Kier molecular flexibility index (Phi) is 4.13. The van der Waals surface area contributed by atoms with E-state index in [0.29, 0.717) is 12.5 Å². The highest BCUT2D eigenvalue weighted by atomic mass is 35.5. The van der Waals surface area contributed by atoms with Crippen LogP contribution in [-0.2, 0) is 10.0 Å². The zero-order valence-electron chi connectivity index (χ0n) is 10.1. The second-order valence-electron chi connectivity index (χ2n) is 4.58. The zero-order chi connectivity index (χ0) is 14.0. The summed E-state index contributed by atoms with van der Waals surface area (Å²) in [5.74, 6) is -0.574. The average molecular weight is 304 g/mol. The monoisotopic (exact) mass is 303 g/mol. The van der Waals surface area contributed by atoms with Crippen LogP contribution in [0.3, 0.4) is 0 Å². The maximum Gasteiger partial charge on any atom is 0.335 e. The van der Waals surface area contributed by atoms with Gasteiger partial charge in [-0.3, -0.25) is 0 Å². The summed E-state index contributed by atoms with van der Waals surface area (Å²) >= 11 is 5.83. The maximum atomic E-state index is 12.0. The van der Waals surface area contributed by atoms with Crippen molar-refractivity contribution in [3.63, 3.8) is 0 Å². The molecule has 0 spiro atoms. The largest absolute Gasteiger partial charge is 0.478 e. The summed E-state index contributed by atoms with van der Waals surface area (Å²) in [6.07, 6.45) is 3.10. The van der Waals surface area contributed by atoms with Gasteiger partial charge in [0, 0.05) is 6.54 Å². The predicted molar refractivity (Wildman–Crippen MR) is 70.9 cm³/mol. The lowest BCUT2D eigenvalue weighted by atomic mass is 10.2. The van der Waals surface area contributed by atoms with Crippen molar-refractivity contribution in [3.05, 3.63) is 28.8 Å². The van der Waals surface area contributed by atoms with Crippen molar-refractivity contribution in [3.8, 4) is 0 Å². The molecular formula is C12H14ClNO4S. The van der Waals surface area contributed by atoms with Gasteiger partial charge in [-0.2, -0.15) is 0 Å². The van der Waals surface area contributed by atoms with Crippen LogP contribution in [-0.4, -0.2) is 26.0 Å². The van der Waals surface area contributed by atoms with E-state index in [1.165, 1.54) is 12.1 Å². The molecule has 2 rings (SSSR count). The molecule has 5 nitrogen and oxygen atoms in total. The predicted octanol–water partition coefficient (Wildman–Crippen LogP) is 2.12. The summed E-state index contributed by atoms with van der Waals surface area (Å²) in [4.78, 5) is 10.7. The fourth-order valence-corrected chi connectivity index (χ4v) is 3.30. The number of hydrogen-bond donors (Lipinski definition) is 2. The Hall–Kier alpha value is -1.11. The lowest BCUT2D eigenvalue weighted by Gasteiger charge is -2.08. The topological polar surface area (TPSA) is 83.5 Å². The number of hydrogen-bond acceptors (Lipinski definition) is 3. The van der Waals surface area contributed by atoms with Gasteiger partial charge in [0.1, 0.15) is 4.90 Å². The van der Waals surface area contributed by atoms with Crippen molar-refractivity contribution in [2.45, 2.75) is 24.2 Å². The molecule has 1 saturated carbocycles. The number of carboxylic acids is 1. The van der Waals surface area contributed by atoms with Crippen LogP contribution < -0.4 is 4.72 Å². The van der Waals surface area contributed by atoms with Crippen LogP contribution in [0.5, 0.6) is 0 Å². The first-order valence-corrected chi connectivity index (χ1v) is 7.79. The fraction of sp³-hybridized carbons (Fsp3) is 0.417. The van der Waals surface area contributed by atoms with Gasteiger partial charge in [-0.25, -0.2) is 17.9 Å². The van der Waals surface area contributed by atoms with E-state index in [9.17, 15) is 13.2 Å². The zero-order valence-corrected chi connectivity index (χ0v) is 11.7. The molecule has 0 amide bonds. The SMILES string of the molecule is O=C(O)c1ccc(Cl)c(S(=O)(=O)NCCC2CC2)c1. The van der Waals surface area contributed by atoms with Crippen molar-refractivity contribution >= 4 is 27.6 Å². The fourth-order valence-electron chi connectivity index (χ4n) is 1.72. The van der Waals surface area contributed by atoms with E-state index >= 15 is 0 Å². The molecule has 2 N–H and O–H groups in total. The van der Waals surface area contributed by atoms with Gasteiger partial charge in [-0.05, 0) is 30.5 Å². The Morgan fingerprint density at radius 2 is 2.11 bits per heavy atom. The second kappa shape index (κ2) is 5.48. The third kappa shape index (κ3) is 3.68. The van der Waals surface area contributed by atoms with E-state index in [-0.39, 0.29) is 15.5 Å². The summed E-state index contributed by atoms with van der Waals surface area (Å²) < 4.78 is 26.5. The van der Waals surface area contributed by atoms with Crippen LogP contribution >= 0.6 is 11.6 Å². The summed E-state index contributed by atoms with van der Waals surface area (Å²) in [6, 6.07) is 3.62. The number of benzene rings is 1. The molecule has 0 aromatic heterocycles. The standard InChI is InChI=1S/C12H14ClNO4S/c13-10-4-3-9(12(15)16)7-11(10)19(17,18)14-6-5-8-1-2-8/h3-4,7-8,14H,1-2,5-6H2,(H,15,16). The van der Waals surface area contributed by atoms with E-state index in [1.807, 2.05) is 0 Å². The Labute approximate surface area is 116 Å². The second-order valence-corrected chi connectivity index (χ2v) is 6.72. The van der Waals surface area contributed by atoms with Gasteiger partial charge in [-0.15, -0.1) is 0 Å². The Morgan fingerprint density at radius 1 is 1.42 bits per heavy atom. The lowest BCUT2D eigenvalue weighted by molar-refractivity contribution is 0.0696. The molecule has 0 atom stereocenters. The minimum Gasteiger partial charge on any atom is -0.478 e. The molecule has 1 aliphatic carbocycles. The van der Waals surface area contributed by atoms with Crippen molar-refractivity contribution in [2.75, 3.05) is 6.54 Å². The van der Waals surface area contributed by atoms with E-state index in [0.717, 1.165) is 25.3 Å². The number of rotatable bonds is 6. The normalized spacial score (nSPS) is 15.4. The molecule has 1 aromatic carbocycles. The number of halogens is 1. The molecule has 7 heteroatoms. The van der Waals surface area contributed by atoms with Crippen LogP contribution in [0.25, 0.3) is 0 Å². The molecule has 0 saturated heterocycles. The average Bonchev–Trinajstić information content (AvgIpc) is 3.12. The van der Waals surface area contributed by atoms with Crippen molar-refractivity contribution in [2.24, 2.45) is 5.92 Å². The highest BCUT2D eigenvalue weighted by molar-refractivity contribution is 7.89. The summed E-state index contributed by atoms with van der Waals surface area (Å²) in [5, 5.41) is 8.88. The Balaban J connectivity index is 2.17. The van der Waals surface area contributed by atoms with Gasteiger partial charge < -0.3 is 5.11 Å². The molecule has 1 fully saturated rings. The Morgan fingerprint density at radius 3 is 2.68 bits per heavy atom. The van der Waals surface area contributed by atoms with Crippen LogP contribution in [0.15, 0.2) is 23.1 Å². The highest BCUT2D eigenvalue weighted by Crippen LogP contribution is 2.32. The van der Waals surface area contributed by atoms with Crippen molar-refractivity contribution < 1.29 is 18.3 Å². The molecule has 0 unspecified atom stereocenters. The van der Waals surface area contributed by atoms with Crippen molar-refractivity contribution in [1.82, 2.24) is 4.72 Å². The first-order chi connectivity index (χ1) is 8.90. The van der Waals surface area contributed by atoms with Gasteiger partial charge in [0.25, 0.3) is 0 Å². The van der Waals surface area contributed by atoms with Gasteiger partial charge in [0.05, 0.1) is 10.6 Å². The molecule has 0 bridgehead atoms. The molecule has 1 aliphatic rings. The molecule has 0 heterocycles. The first kappa shape index (κ1) is 14.3. The molecule has 0 radical (unpaired) electrons. The maximum absolute atomic E-state index is 12.0. The van der Waals surface area contributed by atoms with E-state index < -0.39 is 16.0 Å². The summed E-state index contributed by atoms with van der Waals surface area (Å²) in [6.45, 7) is 0.348. The number of sulfonamides is 1. The van der Waals surface area contributed by atoms with Gasteiger partial charge in [0.2, 0.25) is 10.0 Å². The van der Waals surface area contributed by atoms with Gasteiger partial charge in [-0.1, -0.05) is 24.4 Å². The molecule has 19 heavy (non-hydrogen) atoms. The van der Waals surface area contributed by atoms with Crippen LogP contribution in [0.1, 0.15) is 29.6 Å². The number of aromatic carboxylic acids is 1. The van der Waals surface area contributed by atoms with Crippen LogP contribution in [0.2, 0.25) is 5.02 Å². The molecular weight excluding hydrogens is 290 g/mol. The van der Waals surface area contributed by atoms with Gasteiger partial charge >= 0.3 is 5.97 Å². The van der Waals surface area contributed by atoms with Crippen LogP contribution in [0, 0.1) is 5.92 Å². The summed E-state index contributed by atoms with van der Waals surface area (Å²) in [7, 11) is -3.76. The highest BCUT2D eigenvalue weighted by Gasteiger charge is 2.23. The minimum absolute atomic E-state index is 0.0175. The van der Waals surface area contributed by atoms with E-state index in [2.05, 4.69) is 4.72 Å². The third-order valence-electron chi connectivity index (χ3n) is 3.01. The third-order valence-corrected chi connectivity index (χ3v) is 4.95. The molecule has 104 valence electrons. The van der Waals surface area contributed by atoms with E-state index in [1.54, 1.807) is 0 Å². The first-order valence-electron chi connectivity index (χ1n) is 5.92. The molecule has 0 aliphatic heterocycles. The number of nitrogens with one attached hydrogen (secondary N) is 1. The quantitative estimate of drug-likeness (QED) is 0.843. The Bertz CT molecular complexity index is 596. The minimum atomic E-state index is -3.76. The smallest absolute Gasteiger partial charge is 0.335 e. The van der Waals surface area contributed by atoms with Gasteiger partial charge in [0.15, 0.2) is 0 Å². The van der Waals surface area contributed by atoms with E-state index in [4.69, 9.17) is 16.7 Å². The summed E-state index contributed by atoms with van der Waals surface area (Å²) in [5.41, 5.74) is -0.105. The van der Waals surface area contributed by atoms with Crippen molar-refractivity contribution in [1.29, 1.82) is 0 Å². The van der Waals surface area contributed by atoms with Crippen LogP contribution in [0.4, 0.5) is 0 Å². The lowest BCUT2D eigenvalue weighted by Crippen LogP contribution is -2.25. The molecule has 1 aromatic rings. The number of carboxylic acid groups (broad SMARTS) is 1. The number of carbonyl (C=O) groups is 1.